The lowest BCUT2D eigenvalue weighted by Crippen LogP contribution is -2.33. The van der Waals surface area contributed by atoms with E-state index in [2.05, 4.69) is 47.5 Å². The molecule has 3 nitrogen and oxygen atoms in total. The molecule has 0 aromatic heterocycles. The van der Waals surface area contributed by atoms with Gasteiger partial charge >= 0.3 is 0 Å². The average Bonchev–Trinajstić information content (AvgIpc) is 2.72. The van der Waals surface area contributed by atoms with Crippen molar-refractivity contribution in [1.29, 1.82) is 0 Å². The number of nitrogens with zero attached hydrogens (tertiary/aromatic N) is 1. The van der Waals surface area contributed by atoms with Crippen molar-refractivity contribution < 1.29 is 5.11 Å². The van der Waals surface area contributed by atoms with Gasteiger partial charge in [-0.25, -0.2) is 0 Å². The molecule has 3 heteroatoms. The molecule has 0 amide bonds. The normalized spacial score (nSPS) is 24.6. The number of nitrogens with one attached hydrogen (secondary N) is 1. The molecule has 1 aliphatic rings. The number of likely N-dealkylation sites (tertiary alicyclic amines) is 1. The van der Waals surface area contributed by atoms with Crippen molar-refractivity contribution in [1.82, 2.24) is 10.2 Å². The highest BCUT2D eigenvalue weighted by Gasteiger charge is 2.28. The fourth-order valence-electron chi connectivity index (χ4n) is 2.67. The predicted molar refractivity (Wildman–Crippen MR) is 74.4 cm³/mol. The van der Waals surface area contributed by atoms with Gasteiger partial charge in [-0.3, -0.25) is 4.90 Å². The Morgan fingerprint density at radius 1 is 1.33 bits per heavy atom. The highest BCUT2D eigenvalue weighted by molar-refractivity contribution is 5.15. The highest BCUT2D eigenvalue weighted by atomic mass is 16.3. The van der Waals surface area contributed by atoms with Crippen LogP contribution < -0.4 is 5.32 Å². The zero-order valence-corrected chi connectivity index (χ0v) is 11.2. The third-order valence-electron chi connectivity index (χ3n) is 3.70. The minimum Gasteiger partial charge on any atom is -0.396 e. The van der Waals surface area contributed by atoms with E-state index in [0.29, 0.717) is 12.1 Å². The van der Waals surface area contributed by atoms with Crippen molar-refractivity contribution in [2.45, 2.75) is 38.4 Å². The fraction of sp³-hybridized carbons (Fsp3) is 0.600. The summed E-state index contributed by atoms with van der Waals surface area (Å²) in [7, 11) is 0. The zero-order valence-electron chi connectivity index (χ0n) is 11.2. The Labute approximate surface area is 110 Å². The SMILES string of the molecule is CC1CC(NCCCO)CN1Cc1ccccc1. The van der Waals surface area contributed by atoms with Crippen molar-refractivity contribution in [3.63, 3.8) is 0 Å². The standard InChI is InChI=1S/C15H24N2O/c1-13-10-15(16-8-5-9-18)12-17(13)11-14-6-3-2-4-7-14/h2-4,6-7,13,15-16,18H,5,8-12H2,1H3. The highest BCUT2D eigenvalue weighted by Crippen LogP contribution is 2.20. The van der Waals surface area contributed by atoms with Crippen LogP contribution in [0.4, 0.5) is 0 Å². The summed E-state index contributed by atoms with van der Waals surface area (Å²) in [4.78, 5) is 2.53. The third-order valence-corrected chi connectivity index (χ3v) is 3.70. The van der Waals surface area contributed by atoms with Crippen LogP contribution in [0.25, 0.3) is 0 Å². The zero-order chi connectivity index (χ0) is 12.8. The van der Waals surface area contributed by atoms with Gasteiger partial charge in [0.15, 0.2) is 0 Å². The van der Waals surface area contributed by atoms with Crippen LogP contribution in [-0.4, -0.2) is 41.8 Å². The molecule has 1 aromatic rings. The van der Waals surface area contributed by atoms with E-state index in [1.54, 1.807) is 0 Å². The molecule has 0 aliphatic carbocycles. The topological polar surface area (TPSA) is 35.5 Å². The minimum absolute atomic E-state index is 0.281. The largest absolute Gasteiger partial charge is 0.396 e. The molecule has 2 N–H and O–H groups in total. The summed E-state index contributed by atoms with van der Waals surface area (Å²) in [5, 5.41) is 12.3. The maximum atomic E-state index is 8.79. The second-order valence-corrected chi connectivity index (χ2v) is 5.23. The molecule has 100 valence electrons. The van der Waals surface area contributed by atoms with Gasteiger partial charge in [0.1, 0.15) is 0 Å². The van der Waals surface area contributed by atoms with Crippen LogP contribution >= 0.6 is 0 Å². The molecular formula is C15H24N2O. The molecule has 18 heavy (non-hydrogen) atoms. The Balaban J connectivity index is 1.80. The second-order valence-electron chi connectivity index (χ2n) is 5.23. The number of aliphatic hydroxyl groups is 1. The first-order chi connectivity index (χ1) is 8.79. The van der Waals surface area contributed by atoms with E-state index in [-0.39, 0.29) is 6.61 Å². The molecule has 1 saturated heterocycles. The number of aliphatic hydroxyl groups excluding tert-OH is 1. The maximum Gasteiger partial charge on any atom is 0.0443 e. The number of hydrogen-bond donors (Lipinski definition) is 2. The molecule has 2 rings (SSSR count). The van der Waals surface area contributed by atoms with E-state index in [1.807, 2.05) is 0 Å². The van der Waals surface area contributed by atoms with Gasteiger partial charge in [-0.1, -0.05) is 30.3 Å². The van der Waals surface area contributed by atoms with E-state index in [0.717, 1.165) is 26.1 Å². The quantitative estimate of drug-likeness (QED) is 0.751. The molecule has 0 saturated carbocycles. The van der Waals surface area contributed by atoms with Crippen LogP contribution in [0.2, 0.25) is 0 Å². The van der Waals surface area contributed by atoms with Crippen LogP contribution in [0.1, 0.15) is 25.3 Å². The molecule has 1 heterocycles. The summed E-state index contributed by atoms with van der Waals surface area (Å²) >= 11 is 0. The first kappa shape index (κ1) is 13.5. The molecule has 2 atom stereocenters. The van der Waals surface area contributed by atoms with Gasteiger partial charge < -0.3 is 10.4 Å². The first-order valence-corrected chi connectivity index (χ1v) is 6.92. The molecule has 1 aliphatic heterocycles. The van der Waals surface area contributed by atoms with Crippen LogP contribution in [-0.2, 0) is 6.54 Å². The van der Waals surface area contributed by atoms with Crippen LogP contribution in [0.3, 0.4) is 0 Å². The molecule has 0 bridgehead atoms. The average molecular weight is 248 g/mol. The fourth-order valence-corrected chi connectivity index (χ4v) is 2.67. The summed E-state index contributed by atoms with van der Waals surface area (Å²) in [6.45, 7) is 5.66. The summed E-state index contributed by atoms with van der Waals surface area (Å²) in [5.74, 6) is 0. The summed E-state index contributed by atoms with van der Waals surface area (Å²) in [6, 6.07) is 11.9. The van der Waals surface area contributed by atoms with Gasteiger partial charge in [0.25, 0.3) is 0 Å². The van der Waals surface area contributed by atoms with Crippen molar-refractivity contribution in [3.8, 4) is 0 Å². The first-order valence-electron chi connectivity index (χ1n) is 6.92. The van der Waals surface area contributed by atoms with Crippen molar-refractivity contribution >= 4 is 0 Å². The van der Waals surface area contributed by atoms with E-state index < -0.39 is 0 Å². The van der Waals surface area contributed by atoms with Gasteiger partial charge in [-0.2, -0.15) is 0 Å². The van der Waals surface area contributed by atoms with Gasteiger partial charge in [0, 0.05) is 31.8 Å². The lowest BCUT2D eigenvalue weighted by Gasteiger charge is -2.20. The summed E-state index contributed by atoms with van der Waals surface area (Å²) < 4.78 is 0. The van der Waals surface area contributed by atoms with Gasteiger partial charge in [-0.15, -0.1) is 0 Å². The Hall–Kier alpha value is -0.900. The smallest absolute Gasteiger partial charge is 0.0443 e. The molecular weight excluding hydrogens is 224 g/mol. The second kappa shape index (κ2) is 6.88. The number of hydrogen-bond acceptors (Lipinski definition) is 3. The Morgan fingerprint density at radius 2 is 2.11 bits per heavy atom. The number of benzene rings is 1. The third kappa shape index (κ3) is 3.80. The summed E-state index contributed by atoms with van der Waals surface area (Å²) in [6.07, 6.45) is 2.06. The van der Waals surface area contributed by atoms with E-state index in [9.17, 15) is 0 Å². The van der Waals surface area contributed by atoms with Gasteiger partial charge in [-0.05, 0) is 31.9 Å². The minimum atomic E-state index is 0.281. The monoisotopic (exact) mass is 248 g/mol. The lowest BCUT2D eigenvalue weighted by atomic mass is 10.2. The molecule has 0 spiro atoms. The van der Waals surface area contributed by atoms with Crippen LogP contribution in [0.5, 0.6) is 0 Å². The van der Waals surface area contributed by atoms with E-state index in [4.69, 9.17) is 5.11 Å². The Morgan fingerprint density at radius 3 is 2.83 bits per heavy atom. The molecule has 1 aromatic carbocycles. The van der Waals surface area contributed by atoms with Gasteiger partial charge in [0.05, 0.1) is 0 Å². The van der Waals surface area contributed by atoms with Crippen LogP contribution in [0.15, 0.2) is 30.3 Å². The van der Waals surface area contributed by atoms with Gasteiger partial charge in [0.2, 0.25) is 0 Å². The molecule has 2 unspecified atom stereocenters. The molecule has 1 fully saturated rings. The Bertz CT molecular complexity index is 342. The maximum absolute atomic E-state index is 8.79. The molecule has 0 radical (unpaired) electrons. The van der Waals surface area contributed by atoms with Crippen molar-refractivity contribution in [2.75, 3.05) is 19.7 Å². The Kier molecular flexibility index (Phi) is 5.17. The lowest BCUT2D eigenvalue weighted by molar-refractivity contribution is 0.255. The van der Waals surface area contributed by atoms with Crippen molar-refractivity contribution in [2.24, 2.45) is 0 Å². The summed E-state index contributed by atoms with van der Waals surface area (Å²) in [5.41, 5.74) is 1.39. The van der Waals surface area contributed by atoms with Crippen molar-refractivity contribution in [3.05, 3.63) is 35.9 Å². The van der Waals surface area contributed by atoms with Crippen LogP contribution in [0, 0.1) is 0 Å². The number of rotatable bonds is 6. The van der Waals surface area contributed by atoms with E-state index in [1.165, 1.54) is 12.0 Å². The predicted octanol–water partition coefficient (Wildman–Crippen LogP) is 1.62. The van der Waals surface area contributed by atoms with E-state index >= 15 is 0 Å².